The number of rotatable bonds is 8. The normalized spacial score (nSPS) is 15.9. The van der Waals surface area contributed by atoms with Crippen LogP contribution in [0.5, 0.6) is 0 Å². The molecule has 0 aliphatic carbocycles. The molecule has 0 fully saturated rings. The van der Waals surface area contributed by atoms with Gasteiger partial charge in [-0.3, -0.25) is 0 Å². The van der Waals surface area contributed by atoms with Crippen LogP contribution in [0.2, 0.25) is 0 Å². The van der Waals surface area contributed by atoms with Crippen LogP contribution < -0.4 is 0 Å². The Bertz CT molecular complexity index is 318. The van der Waals surface area contributed by atoms with Gasteiger partial charge in [0.05, 0.1) is 0 Å². The molecule has 0 saturated heterocycles. The molecule has 0 spiro atoms. The molecule has 0 amide bonds. The molecule has 0 rings (SSSR count). The fraction of sp³-hybridized carbons (Fsp3) is 0.846. The van der Waals surface area contributed by atoms with Crippen LogP contribution in [0, 0.1) is 10.6 Å². The van der Waals surface area contributed by atoms with Crippen LogP contribution in [-0.2, 0) is 22.4 Å². The first kappa shape index (κ1) is 22.6. The molecule has 7 nitrogen and oxygen atoms in total. The zero-order valence-corrected chi connectivity index (χ0v) is 15.4. The van der Waals surface area contributed by atoms with Crippen LogP contribution in [0.15, 0.2) is 10.3 Å². The van der Waals surface area contributed by atoms with Gasteiger partial charge in [-0.2, -0.15) is 0 Å². The first-order chi connectivity index (χ1) is 9.73. The standard InChI is InChI=1S/C13H26N4O2.O.Tc/c1-9(11(3)16-18)14-7-13(5,6)8-15-10(2)12(4)17-19;;/h9-10,18-19H,7-8H2,1-6H3;;/q-2;;+3/p-1/b16-11-,17-12+;;. The predicted octanol–water partition coefficient (Wildman–Crippen LogP) is 3.22. The second kappa shape index (κ2) is 11.9. The van der Waals surface area contributed by atoms with Crippen molar-refractivity contribution in [2.75, 3.05) is 13.1 Å². The van der Waals surface area contributed by atoms with Crippen LogP contribution in [0.3, 0.4) is 0 Å². The maximum absolute atomic E-state index is 10.4. The number of hydrogen-bond acceptors (Lipinski definition) is 5. The van der Waals surface area contributed by atoms with Crippen molar-refractivity contribution in [1.29, 1.82) is 0 Å². The summed E-state index contributed by atoms with van der Waals surface area (Å²) in [6.07, 6.45) is 0. The van der Waals surface area contributed by atoms with E-state index >= 15 is 0 Å². The van der Waals surface area contributed by atoms with Crippen LogP contribution >= 0.6 is 0 Å². The van der Waals surface area contributed by atoms with Crippen LogP contribution in [-0.4, -0.2) is 41.8 Å². The Hall–Kier alpha value is -0.691. The molecule has 0 aliphatic heterocycles. The third kappa shape index (κ3) is 10.6. The molecule has 0 aromatic carbocycles. The molecule has 2 atom stereocenters. The van der Waals surface area contributed by atoms with Gasteiger partial charge in [-0.15, -0.1) is 24.3 Å². The Morgan fingerprint density at radius 2 is 1.52 bits per heavy atom. The molecule has 1 N–H and O–H groups in total. The third-order valence-corrected chi connectivity index (χ3v) is 3.10. The first-order valence-electron chi connectivity index (χ1n) is 6.57. The van der Waals surface area contributed by atoms with E-state index in [1.54, 1.807) is 13.8 Å². The van der Waals surface area contributed by atoms with Gasteiger partial charge in [0.25, 0.3) is 0 Å². The van der Waals surface area contributed by atoms with E-state index in [9.17, 15) is 5.21 Å². The summed E-state index contributed by atoms with van der Waals surface area (Å²) in [5.74, 6) is 0. The van der Waals surface area contributed by atoms with E-state index in [1.807, 2.05) is 13.8 Å². The van der Waals surface area contributed by atoms with E-state index in [2.05, 4.69) is 34.8 Å². The van der Waals surface area contributed by atoms with Gasteiger partial charge in [0.15, 0.2) is 0 Å². The average Bonchev–Trinajstić information content (AvgIpc) is 2.50. The summed E-state index contributed by atoms with van der Waals surface area (Å²) in [5.41, 5.74) is 0.987. The van der Waals surface area contributed by atoms with Gasteiger partial charge in [-0.1, -0.05) is 39.2 Å². The summed E-state index contributed by atoms with van der Waals surface area (Å²) < 4.78 is 8.22. The molecule has 0 radical (unpaired) electrons. The Kier molecular flexibility index (Phi) is 12.8. The van der Waals surface area contributed by atoms with Crippen LogP contribution in [0.4, 0.5) is 0 Å². The fourth-order valence-electron chi connectivity index (χ4n) is 1.24. The molecular weight excluding hydrogens is 358 g/mol. The number of oxime groups is 1. The molecule has 0 aromatic heterocycles. The van der Waals surface area contributed by atoms with Crippen molar-refractivity contribution in [2.24, 2.45) is 15.7 Å². The van der Waals surface area contributed by atoms with Crippen molar-refractivity contribution in [3.63, 3.8) is 0 Å². The summed E-state index contributed by atoms with van der Waals surface area (Å²) in [5, 5.41) is 34.0. The van der Waals surface area contributed by atoms with E-state index in [4.69, 9.17) is 8.71 Å². The Morgan fingerprint density at radius 1 is 1.14 bits per heavy atom. The molecule has 0 heterocycles. The quantitative estimate of drug-likeness (QED) is 0.394. The zero-order valence-electron chi connectivity index (χ0n) is 13.5. The Balaban J connectivity index is 0. The number of nitrogens with zero attached hydrogens (tertiary/aromatic N) is 4. The fourth-order valence-corrected chi connectivity index (χ4v) is 1.24. The van der Waals surface area contributed by atoms with Gasteiger partial charge in [0.1, 0.15) is 0 Å². The van der Waals surface area contributed by atoms with E-state index in [0.29, 0.717) is 24.5 Å². The van der Waals surface area contributed by atoms with Crippen molar-refractivity contribution in [1.82, 2.24) is 0 Å². The van der Waals surface area contributed by atoms with E-state index in [-0.39, 0.29) is 17.5 Å². The van der Waals surface area contributed by atoms with Crippen molar-refractivity contribution in [3.8, 4) is 0 Å². The van der Waals surface area contributed by atoms with Gasteiger partial charge in [-0.25, -0.2) is 0 Å². The second-order valence-electron chi connectivity index (χ2n) is 5.67. The van der Waals surface area contributed by atoms with Gasteiger partial charge < -0.3 is 26.2 Å². The van der Waals surface area contributed by atoms with Crippen molar-refractivity contribution < 1.29 is 27.6 Å². The summed E-state index contributed by atoms with van der Waals surface area (Å²) >= 11 is 0.900. The molecule has 0 bridgehead atoms. The summed E-state index contributed by atoms with van der Waals surface area (Å²) in [6, 6.07) is -0.262. The minimum atomic E-state index is -0.157. The van der Waals surface area contributed by atoms with E-state index in [1.165, 1.54) is 0 Å². The predicted molar refractivity (Wildman–Crippen MR) is 81.2 cm³/mol. The molecule has 21 heavy (non-hydrogen) atoms. The van der Waals surface area contributed by atoms with E-state index < -0.39 is 0 Å². The number of hydrogen-bond donors (Lipinski definition) is 1. The van der Waals surface area contributed by atoms with E-state index in [0.717, 1.165) is 18.9 Å². The van der Waals surface area contributed by atoms with Crippen molar-refractivity contribution in [3.05, 3.63) is 15.8 Å². The summed E-state index contributed by atoms with van der Waals surface area (Å²) in [4.78, 5) is 0. The monoisotopic (exact) mass is 382 g/mol. The molecule has 0 aliphatic rings. The molecule has 2 unspecified atom stereocenters. The molecule has 0 saturated carbocycles. The molecular formula is C13H25N4O3Tc. The Morgan fingerprint density at radius 3 is 1.86 bits per heavy atom. The molecule has 8 heteroatoms. The first-order valence-corrected chi connectivity index (χ1v) is 7.33. The summed E-state index contributed by atoms with van der Waals surface area (Å²) in [7, 11) is 0. The van der Waals surface area contributed by atoms with Crippen LogP contribution in [0.1, 0.15) is 41.5 Å². The average molecular weight is 383 g/mol. The SMILES string of the molecule is C/C(=N/[O-])C(C)[N-]CC(C)(C)C[N-]C(C)/C(C)=N/O.[O]=[Tc+3]. The third-order valence-electron chi connectivity index (χ3n) is 3.10. The molecule has 0 aromatic rings. The van der Waals surface area contributed by atoms with Gasteiger partial charge in [0, 0.05) is 5.71 Å². The zero-order chi connectivity index (χ0) is 17.1. The topological polar surface area (TPSA) is 113 Å². The minimum absolute atomic E-state index is 0.0958. The van der Waals surface area contributed by atoms with Crippen LogP contribution in [0.25, 0.3) is 10.6 Å². The van der Waals surface area contributed by atoms with Crippen molar-refractivity contribution >= 4 is 11.4 Å². The second-order valence-corrected chi connectivity index (χ2v) is 5.67. The van der Waals surface area contributed by atoms with Gasteiger partial charge in [0.2, 0.25) is 0 Å². The van der Waals surface area contributed by atoms with Crippen molar-refractivity contribution in [2.45, 2.75) is 53.6 Å². The van der Waals surface area contributed by atoms with Gasteiger partial charge >= 0.3 is 22.4 Å². The maximum atomic E-state index is 10.4. The molecule has 122 valence electrons. The summed E-state index contributed by atoms with van der Waals surface area (Å²) in [6.45, 7) is 12.5. The Labute approximate surface area is 137 Å². The van der Waals surface area contributed by atoms with Gasteiger partial charge in [-0.05, 0) is 19.6 Å².